The number of hydrogen-bond donors (Lipinski definition) is 1. The number of carbonyl (C=O) groups is 3. The monoisotopic (exact) mass is 623 g/mol. The molecule has 4 aromatic rings. The van der Waals surface area contributed by atoms with E-state index in [1.54, 1.807) is 18.2 Å². The summed E-state index contributed by atoms with van der Waals surface area (Å²) in [6.07, 6.45) is 1.65. The second-order valence-corrected chi connectivity index (χ2v) is 11.3. The number of nitrogens with zero attached hydrogens (tertiary/aromatic N) is 2. The molecule has 214 valence electrons. The van der Waals surface area contributed by atoms with Crippen LogP contribution in [-0.4, -0.2) is 33.1 Å². The minimum Gasteiger partial charge on any atom is -0.489 e. The summed E-state index contributed by atoms with van der Waals surface area (Å²) in [6, 6.07) is 20.1. The topological polar surface area (TPSA) is 80.6 Å². The van der Waals surface area contributed by atoms with Crippen molar-refractivity contribution in [3.05, 3.63) is 116 Å². The van der Waals surface area contributed by atoms with E-state index in [9.17, 15) is 18.8 Å². The van der Waals surface area contributed by atoms with E-state index in [4.69, 9.17) is 27.9 Å². The fourth-order valence-corrected chi connectivity index (χ4v) is 5.80. The second-order valence-electron chi connectivity index (χ2n) is 9.51. The van der Waals surface area contributed by atoms with Gasteiger partial charge in [-0.15, -0.1) is 0 Å². The molecule has 0 spiro atoms. The number of carbonyl (C=O) groups excluding carboxylic acids is 3. The molecule has 5 rings (SSSR count). The number of benzene rings is 3. The molecule has 1 aliphatic rings. The lowest BCUT2D eigenvalue weighted by molar-refractivity contribution is -0.127. The molecule has 0 saturated carbocycles. The van der Waals surface area contributed by atoms with Crippen LogP contribution in [0, 0.1) is 19.7 Å². The number of aryl methyl sites for hydroxylation is 1. The lowest BCUT2D eigenvalue weighted by Crippen LogP contribution is -2.36. The molecule has 1 aliphatic heterocycles. The summed E-state index contributed by atoms with van der Waals surface area (Å²) in [5, 5.41) is 3.05. The predicted octanol–water partition coefficient (Wildman–Crippen LogP) is 7.79. The fourth-order valence-electron chi connectivity index (χ4n) is 4.51. The Balaban J connectivity index is 1.27. The normalized spacial score (nSPS) is 14.1. The quantitative estimate of drug-likeness (QED) is 0.203. The van der Waals surface area contributed by atoms with Crippen LogP contribution < -0.4 is 10.1 Å². The van der Waals surface area contributed by atoms with E-state index >= 15 is 0 Å². The Bertz CT molecular complexity index is 1740. The van der Waals surface area contributed by atoms with Gasteiger partial charge in [-0.1, -0.05) is 35.3 Å². The zero-order valence-electron chi connectivity index (χ0n) is 22.5. The van der Waals surface area contributed by atoms with Gasteiger partial charge in [-0.25, -0.2) is 4.39 Å². The van der Waals surface area contributed by atoms with Crippen molar-refractivity contribution in [2.75, 3.05) is 11.9 Å². The van der Waals surface area contributed by atoms with Crippen molar-refractivity contribution in [2.45, 2.75) is 20.5 Å². The molecule has 0 bridgehead atoms. The van der Waals surface area contributed by atoms with Crippen molar-refractivity contribution >= 4 is 63.8 Å². The molecule has 0 radical (unpaired) electrons. The van der Waals surface area contributed by atoms with E-state index in [2.05, 4.69) is 5.32 Å². The van der Waals surface area contributed by atoms with E-state index in [-0.39, 0.29) is 10.6 Å². The van der Waals surface area contributed by atoms with Gasteiger partial charge in [0.15, 0.2) is 0 Å². The largest absolute Gasteiger partial charge is 0.489 e. The van der Waals surface area contributed by atoms with Crippen molar-refractivity contribution < 1.29 is 23.5 Å². The average Bonchev–Trinajstić information content (AvgIpc) is 3.37. The van der Waals surface area contributed by atoms with Crippen LogP contribution in [0.4, 0.5) is 14.9 Å². The van der Waals surface area contributed by atoms with E-state index in [0.29, 0.717) is 22.4 Å². The Morgan fingerprint density at radius 1 is 1.02 bits per heavy atom. The van der Waals surface area contributed by atoms with Gasteiger partial charge in [-0.3, -0.25) is 19.3 Å². The maximum Gasteiger partial charge on any atom is 0.294 e. The molecule has 1 N–H and O–H groups in total. The molecule has 1 fully saturated rings. The highest BCUT2D eigenvalue weighted by atomic mass is 35.5. The van der Waals surface area contributed by atoms with Gasteiger partial charge in [0.05, 0.1) is 4.91 Å². The Morgan fingerprint density at radius 2 is 1.79 bits per heavy atom. The number of imide groups is 1. The van der Waals surface area contributed by atoms with E-state index < -0.39 is 29.4 Å². The molecule has 3 amide bonds. The number of hydrogen-bond acceptors (Lipinski definition) is 5. The standard InChI is InChI=1S/C31H24Cl2FN3O4S/c1-18-12-21(13-28-30(39)36(31(40)42-28)16-29(38)35-24-5-3-4-23(34)15-24)19(2)37(18)25-8-10-26(11-9-25)41-17-20-6-7-22(32)14-27(20)33/h3-15H,16-17H2,1-2H3,(H,35,38)/b28-13+. The minimum atomic E-state index is -0.606. The maximum atomic E-state index is 13.4. The van der Waals surface area contributed by atoms with Crippen molar-refractivity contribution in [3.8, 4) is 11.4 Å². The maximum absolute atomic E-state index is 13.4. The van der Waals surface area contributed by atoms with Gasteiger partial charge in [-0.2, -0.15) is 0 Å². The lowest BCUT2D eigenvalue weighted by atomic mass is 10.2. The second kappa shape index (κ2) is 12.4. The van der Waals surface area contributed by atoms with Crippen LogP contribution in [0.5, 0.6) is 5.75 Å². The van der Waals surface area contributed by atoms with Gasteiger partial charge in [0.2, 0.25) is 5.91 Å². The molecule has 2 heterocycles. The van der Waals surface area contributed by atoms with Gasteiger partial charge < -0.3 is 14.6 Å². The van der Waals surface area contributed by atoms with E-state index in [0.717, 1.165) is 50.9 Å². The first-order valence-corrected chi connectivity index (χ1v) is 14.3. The van der Waals surface area contributed by atoms with Crippen molar-refractivity contribution in [1.29, 1.82) is 0 Å². The first kappa shape index (κ1) is 29.4. The van der Waals surface area contributed by atoms with Crippen LogP contribution in [0.2, 0.25) is 10.0 Å². The van der Waals surface area contributed by atoms with Crippen LogP contribution in [-0.2, 0) is 16.2 Å². The molecular weight excluding hydrogens is 600 g/mol. The number of nitrogens with one attached hydrogen (secondary N) is 1. The number of thioether (sulfide) groups is 1. The summed E-state index contributed by atoms with van der Waals surface area (Å²) >= 11 is 13.0. The average molecular weight is 625 g/mol. The molecule has 11 heteroatoms. The van der Waals surface area contributed by atoms with Crippen LogP contribution in [0.3, 0.4) is 0 Å². The molecule has 0 atom stereocenters. The molecular formula is C31H24Cl2FN3O4S. The van der Waals surface area contributed by atoms with Gasteiger partial charge >= 0.3 is 0 Å². The highest BCUT2D eigenvalue weighted by Crippen LogP contribution is 2.34. The number of ether oxygens (including phenoxy) is 1. The van der Waals surface area contributed by atoms with Gasteiger partial charge in [0.1, 0.15) is 24.7 Å². The first-order valence-electron chi connectivity index (χ1n) is 12.8. The molecule has 7 nitrogen and oxygen atoms in total. The Kier molecular flexibility index (Phi) is 8.72. The Hall–Kier alpha value is -4.05. The third kappa shape index (κ3) is 6.54. The van der Waals surface area contributed by atoms with Crippen molar-refractivity contribution in [3.63, 3.8) is 0 Å². The zero-order chi connectivity index (χ0) is 30.0. The molecule has 42 heavy (non-hydrogen) atoms. The van der Waals surface area contributed by atoms with Crippen molar-refractivity contribution in [2.24, 2.45) is 0 Å². The number of halogens is 3. The van der Waals surface area contributed by atoms with Crippen LogP contribution >= 0.6 is 35.0 Å². The summed E-state index contributed by atoms with van der Waals surface area (Å²) in [4.78, 5) is 39.1. The minimum absolute atomic E-state index is 0.211. The summed E-state index contributed by atoms with van der Waals surface area (Å²) in [5.41, 5.74) is 4.51. The van der Waals surface area contributed by atoms with Gasteiger partial charge in [0, 0.05) is 38.4 Å². The Morgan fingerprint density at radius 3 is 2.50 bits per heavy atom. The Labute approximate surface area is 255 Å². The third-order valence-electron chi connectivity index (χ3n) is 6.54. The van der Waals surface area contributed by atoms with Crippen molar-refractivity contribution in [1.82, 2.24) is 9.47 Å². The van der Waals surface area contributed by atoms with E-state index in [1.807, 2.05) is 54.8 Å². The zero-order valence-corrected chi connectivity index (χ0v) is 24.8. The number of rotatable bonds is 8. The SMILES string of the molecule is Cc1cc(/C=C2/SC(=O)N(CC(=O)Nc3cccc(F)c3)C2=O)c(C)n1-c1ccc(OCc2ccc(Cl)cc2Cl)cc1. The summed E-state index contributed by atoms with van der Waals surface area (Å²) < 4.78 is 21.3. The number of aromatic nitrogens is 1. The number of amides is 3. The predicted molar refractivity (Wildman–Crippen MR) is 164 cm³/mol. The molecule has 0 aliphatic carbocycles. The van der Waals surface area contributed by atoms with Crippen LogP contribution in [0.25, 0.3) is 11.8 Å². The lowest BCUT2D eigenvalue weighted by Gasteiger charge is -2.12. The summed E-state index contributed by atoms with van der Waals surface area (Å²) in [5.74, 6) is -1.01. The first-order chi connectivity index (χ1) is 20.1. The molecule has 0 unspecified atom stereocenters. The van der Waals surface area contributed by atoms with Crippen LogP contribution in [0.15, 0.2) is 77.7 Å². The number of anilines is 1. The van der Waals surface area contributed by atoms with Gasteiger partial charge in [-0.05, 0) is 97.9 Å². The molecule has 3 aromatic carbocycles. The van der Waals surface area contributed by atoms with E-state index in [1.165, 1.54) is 18.2 Å². The van der Waals surface area contributed by atoms with Gasteiger partial charge in [0.25, 0.3) is 11.1 Å². The highest BCUT2D eigenvalue weighted by Gasteiger charge is 2.36. The summed E-state index contributed by atoms with van der Waals surface area (Å²) in [7, 11) is 0. The smallest absolute Gasteiger partial charge is 0.294 e. The molecule has 1 saturated heterocycles. The third-order valence-corrected chi connectivity index (χ3v) is 8.04. The fraction of sp³-hybridized carbons (Fsp3) is 0.129. The molecule has 1 aromatic heterocycles. The summed E-state index contributed by atoms with van der Waals surface area (Å²) in [6.45, 7) is 3.68. The highest BCUT2D eigenvalue weighted by molar-refractivity contribution is 8.18. The van der Waals surface area contributed by atoms with Crippen LogP contribution in [0.1, 0.15) is 22.5 Å².